The first-order valence-electron chi connectivity index (χ1n) is 5.44. The molecule has 0 aliphatic carbocycles. The number of nitrogens with one attached hydrogen (secondary N) is 1. The molecule has 9 heteroatoms. The van der Waals surface area contributed by atoms with Crippen LogP contribution < -0.4 is 5.32 Å². The molecule has 1 N–H and O–H groups in total. The number of carbonyl (C=O) groups is 3. The fourth-order valence-electron chi connectivity index (χ4n) is 1.77. The minimum atomic E-state index is -0.684. The van der Waals surface area contributed by atoms with E-state index in [1.54, 1.807) is 0 Å². The van der Waals surface area contributed by atoms with Crippen LogP contribution in [0, 0.1) is 10.1 Å². The van der Waals surface area contributed by atoms with E-state index in [2.05, 4.69) is 5.32 Å². The Bertz CT molecular complexity index is 614. The van der Waals surface area contributed by atoms with Crippen LogP contribution in [0.1, 0.15) is 10.4 Å². The molecule has 1 fully saturated rings. The van der Waals surface area contributed by atoms with E-state index < -0.39 is 22.6 Å². The van der Waals surface area contributed by atoms with Crippen LogP contribution in [0.25, 0.3) is 0 Å². The summed E-state index contributed by atoms with van der Waals surface area (Å²) in [5.74, 6) is -1.88. The van der Waals surface area contributed by atoms with Crippen LogP contribution in [0.4, 0.5) is 5.69 Å². The van der Waals surface area contributed by atoms with Crippen molar-refractivity contribution in [3.8, 4) is 0 Å². The lowest BCUT2D eigenvalue weighted by molar-refractivity contribution is -0.384. The molecule has 0 saturated carbocycles. The van der Waals surface area contributed by atoms with Crippen LogP contribution in [0.2, 0.25) is 5.02 Å². The first kappa shape index (κ1) is 13.9. The number of hydrogen-bond donors (Lipinski definition) is 1. The molecule has 1 aliphatic rings. The smallest absolute Gasteiger partial charge is 0.271 e. The molecule has 0 radical (unpaired) electrons. The third-order valence-electron chi connectivity index (χ3n) is 2.58. The number of non-ortho nitro benzene ring substituents is 1. The zero-order chi connectivity index (χ0) is 14.9. The van der Waals surface area contributed by atoms with Crippen molar-refractivity contribution in [3.63, 3.8) is 0 Å². The Morgan fingerprint density at radius 1 is 1.25 bits per heavy atom. The maximum Gasteiger partial charge on any atom is 0.271 e. The molecular weight excluding hydrogens is 290 g/mol. The highest BCUT2D eigenvalue weighted by atomic mass is 35.5. The first-order valence-corrected chi connectivity index (χ1v) is 5.81. The summed E-state index contributed by atoms with van der Waals surface area (Å²) >= 11 is 5.71. The quantitative estimate of drug-likeness (QED) is 0.481. The van der Waals surface area contributed by atoms with E-state index in [9.17, 15) is 24.5 Å². The lowest BCUT2D eigenvalue weighted by Crippen LogP contribution is -2.53. The van der Waals surface area contributed by atoms with Crippen molar-refractivity contribution in [2.75, 3.05) is 13.1 Å². The minimum absolute atomic E-state index is 0.0235. The van der Waals surface area contributed by atoms with E-state index in [1.165, 1.54) is 6.07 Å². The molecule has 1 aromatic carbocycles. The van der Waals surface area contributed by atoms with Crippen LogP contribution in [-0.4, -0.2) is 40.6 Å². The Kier molecular flexibility index (Phi) is 3.66. The molecule has 2 rings (SSSR count). The average Bonchev–Trinajstić information content (AvgIpc) is 2.35. The fraction of sp³-hybridized carbons (Fsp3) is 0.182. The Labute approximate surface area is 117 Å². The number of halogens is 1. The molecule has 0 aromatic heterocycles. The van der Waals surface area contributed by atoms with Gasteiger partial charge in [-0.25, -0.2) is 0 Å². The number of piperazine rings is 1. The lowest BCUT2D eigenvalue weighted by Gasteiger charge is -2.25. The topological polar surface area (TPSA) is 110 Å². The minimum Gasteiger partial charge on any atom is -0.320 e. The number of benzene rings is 1. The molecule has 0 atom stereocenters. The summed E-state index contributed by atoms with van der Waals surface area (Å²) in [5, 5.41) is 12.8. The second-order valence-electron chi connectivity index (χ2n) is 4.09. The monoisotopic (exact) mass is 297 g/mol. The van der Waals surface area contributed by atoms with Crippen molar-refractivity contribution in [2.24, 2.45) is 0 Å². The number of hydrogen-bond acceptors (Lipinski definition) is 5. The van der Waals surface area contributed by atoms with Gasteiger partial charge in [0, 0.05) is 22.7 Å². The Morgan fingerprint density at radius 3 is 2.40 bits per heavy atom. The SMILES string of the molecule is O=C1CN(C(=O)c2cc(Cl)cc([N+](=O)[O-])c2)CC(=O)N1. The summed E-state index contributed by atoms with van der Waals surface area (Å²) in [6, 6.07) is 3.39. The normalized spacial score (nSPS) is 14.9. The molecule has 1 saturated heterocycles. The molecule has 8 nitrogen and oxygen atoms in total. The van der Waals surface area contributed by atoms with Crippen molar-refractivity contribution >= 4 is 35.0 Å². The first-order chi connectivity index (χ1) is 9.36. The average molecular weight is 298 g/mol. The Morgan fingerprint density at radius 2 is 1.85 bits per heavy atom. The van der Waals surface area contributed by atoms with Gasteiger partial charge in [0.1, 0.15) is 13.1 Å². The van der Waals surface area contributed by atoms with Gasteiger partial charge in [-0.1, -0.05) is 11.6 Å². The van der Waals surface area contributed by atoms with E-state index in [0.717, 1.165) is 17.0 Å². The van der Waals surface area contributed by atoms with Gasteiger partial charge in [-0.15, -0.1) is 0 Å². The summed E-state index contributed by atoms with van der Waals surface area (Å²) in [7, 11) is 0. The molecule has 1 aromatic rings. The van der Waals surface area contributed by atoms with Gasteiger partial charge in [0.25, 0.3) is 11.6 Å². The van der Waals surface area contributed by atoms with E-state index in [0.29, 0.717) is 0 Å². The van der Waals surface area contributed by atoms with Gasteiger partial charge in [-0.3, -0.25) is 29.8 Å². The molecule has 0 spiro atoms. The zero-order valence-electron chi connectivity index (χ0n) is 9.96. The van der Waals surface area contributed by atoms with Crippen molar-refractivity contribution < 1.29 is 19.3 Å². The van der Waals surface area contributed by atoms with Crippen LogP contribution in [-0.2, 0) is 9.59 Å². The van der Waals surface area contributed by atoms with Gasteiger partial charge < -0.3 is 4.90 Å². The van der Waals surface area contributed by atoms with Crippen LogP contribution in [0.3, 0.4) is 0 Å². The maximum absolute atomic E-state index is 12.1. The number of carbonyl (C=O) groups excluding carboxylic acids is 3. The third kappa shape index (κ3) is 2.91. The van der Waals surface area contributed by atoms with E-state index in [4.69, 9.17) is 11.6 Å². The Balaban J connectivity index is 2.31. The van der Waals surface area contributed by atoms with E-state index in [1.807, 2.05) is 0 Å². The molecule has 0 bridgehead atoms. The fourth-order valence-corrected chi connectivity index (χ4v) is 2.00. The standard InChI is InChI=1S/C11H8ClN3O5/c12-7-1-6(2-8(3-7)15(19)20)11(18)14-4-9(16)13-10(17)5-14/h1-3H,4-5H2,(H,13,16,17). The summed E-state index contributed by atoms with van der Waals surface area (Å²) < 4.78 is 0. The summed E-state index contributed by atoms with van der Waals surface area (Å²) in [5.41, 5.74) is -0.389. The highest BCUT2D eigenvalue weighted by molar-refractivity contribution is 6.31. The number of nitrogens with zero attached hydrogens (tertiary/aromatic N) is 2. The van der Waals surface area contributed by atoms with E-state index >= 15 is 0 Å². The number of rotatable bonds is 2. The molecule has 20 heavy (non-hydrogen) atoms. The number of nitro benzene ring substituents is 1. The molecule has 0 unspecified atom stereocenters. The molecule has 3 amide bonds. The predicted octanol–water partition coefficient (Wildman–Crippen LogP) is 0.347. The van der Waals surface area contributed by atoms with Crippen molar-refractivity contribution in [1.82, 2.24) is 10.2 Å². The van der Waals surface area contributed by atoms with Gasteiger partial charge in [0.2, 0.25) is 11.8 Å². The van der Waals surface area contributed by atoms with Crippen LogP contribution in [0.5, 0.6) is 0 Å². The predicted molar refractivity (Wildman–Crippen MR) is 67.2 cm³/mol. The summed E-state index contributed by atoms with van der Waals surface area (Å²) in [6.45, 7) is -0.574. The number of imide groups is 1. The number of nitro groups is 1. The van der Waals surface area contributed by atoms with Gasteiger partial charge >= 0.3 is 0 Å². The van der Waals surface area contributed by atoms with Gasteiger partial charge in [-0.2, -0.15) is 0 Å². The second-order valence-corrected chi connectivity index (χ2v) is 4.52. The molecule has 1 heterocycles. The van der Waals surface area contributed by atoms with Crippen molar-refractivity contribution in [3.05, 3.63) is 38.9 Å². The van der Waals surface area contributed by atoms with Gasteiger partial charge in [0.15, 0.2) is 0 Å². The Hall–Kier alpha value is -2.48. The van der Waals surface area contributed by atoms with E-state index in [-0.39, 0.29) is 29.4 Å². The largest absolute Gasteiger partial charge is 0.320 e. The number of amides is 3. The van der Waals surface area contributed by atoms with Crippen LogP contribution >= 0.6 is 11.6 Å². The maximum atomic E-state index is 12.1. The third-order valence-corrected chi connectivity index (χ3v) is 2.79. The highest BCUT2D eigenvalue weighted by Crippen LogP contribution is 2.22. The summed E-state index contributed by atoms with van der Waals surface area (Å²) in [4.78, 5) is 45.6. The summed E-state index contributed by atoms with van der Waals surface area (Å²) in [6.07, 6.45) is 0. The van der Waals surface area contributed by atoms with Gasteiger partial charge in [0.05, 0.1) is 4.92 Å². The second kappa shape index (κ2) is 5.25. The molecule has 104 valence electrons. The zero-order valence-corrected chi connectivity index (χ0v) is 10.7. The van der Waals surface area contributed by atoms with Crippen molar-refractivity contribution in [1.29, 1.82) is 0 Å². The lowest BCUT2D eigenvalue weighted by atomic mass is 10.1. The highest BCUT2D eigenvalue weighted by Gasteiger charge is 2.28. The molecule has 1 aliphatic heterocycles. The molecular formula is C11H8ClN3O5. The van der Waals surface area contributed by atoms with Crippen molar-refractivity contribution in [2.45, 2.75) is 0 Å². The van der Waals surface area contributed by atoms with Crippen LogP contribution in [0.15, 0.2) is 18.2 Å². The van der Waals surface area contributed by atoms with Gasteiger partial charge in [-0.05, 0) is 6.07 Å².